The fourth-order valence-corrected chi connectivity index (χ4v) is 2.28. The zero-order chi connectivity index (χ0) is 16.4. The third kappa shape index (κ3) is 3.11. The molecule has 0 aliphatic carbocycles. The van der Waals surface area contributed by atoms with Crippen LogP contribution in [-0.2, 0) is 11.3 Å². The summed E-state index contributed by atoms with van der Waals surface area (Å²) in [6.07, 6.45) is 1.52. The van der Waals surface area contributed by atoms with Crippen molar-refractivity contribution in [2.45, 2.75) is 6.54 Å². The third-order valence-electron chi connectivity index (χ3n) is 3.40. The van der Waals surface area contributed by atoms with Crippen molar-refractivity contribution in [1.29, 1.82) is 0 Å². The zero-order valence-electron chi connectivity index (χ0n) is 11.9. The molecule has 0 saturated heterocycles. The molecular weight excluding hydrogens is 302 g/mol. The lowest BCUT2D eigenvalue weighted by molar-refractivity contribution is -0.116. The Morgan fingerprint density at radius 1 is 1.04 bits per heavy atom. The standard InChI is InChI=1S/C17H12F2N2O2/c18-14-6-5-12(9-15(14)19)20-16(22)10-21-8-7-11-3-1-2-4-13(11)17(21)23/h1-9H,10H2,(H,20,22). The maximum absolute atomic E-state index is 13.1. The van der Waals surface area contributed by atoms with Gasteiger partial charge in [-0.15, -0.1) is 0 Å². The molecular formula is C17H12F2N2O2. The molecule has 3 aromatic rings. The van der Waals surface area contributed by atoms with E-state index in [-0.39, 0.29) is 17.8 Å². The molecule has 1 heterocycles. The van der Waals surface area contributed by atoms with Crippen LogP contribution in [0.3, 0.4) is 0 Å². The maximum Gasteiger partial charge on any atom is 0.258 e. The molecule has 0 aliphatic heterocycles. The third-order valence-corrected chi connectivity index (χ3v) is 3.40. The Labute approximate surface area is 130 Å². The smallest absolute Gasteiger partial charge is 0.258 e. The van der Waals surface area contributed by atoms with Crippen molar-refractivity contribution in [2.24, 2.45) is 0 Å². The number of hydrogen-bond donors (Lipinski definition) is 1. The molecule has 3 rings (SSSR count). The van der Waals surface area contributed by atoms with Crippen LogP contribution in [0.5, 0.6) is 0 Å². The Morgan fingerprint density at radius 3 is 2.61 bits per heavy atom. The highest BCUT2D eigenvalue weighted by Gasteiger charge is 2.09. The lowest BCUT2D eigenvalue weighted by atomic mass is 10.2. The van der Waals surface area contributed by atoms with Crippen molar-refractivity contribution >= 4 is 22.4 Å². The zero-order valence-corrected chi connectivity index (χ0v) is 11.9. The van der Waals surface area contributed by atoms with E-state index in [2.05, 4.69) is 5.32 Å². The predicted octanol–water partition coefficient (Wildman–Crippen LogP) is 2.92. The summed E-state index contributed by atoms with van der Waals surface area (Å²) in [5.41, 5.74) is -0.161. The fourth-order valence-electron chi connectivity index (χ4n) is 2.28. The molecule has 0 saturated carbocycles. The number of hydrogen-bond acceptors (Lipinski definition) is 2. The molecule has 0 spiro atoms. The Hall–Kier alpha value is -3.02. The van der Waals surface area contributed by atoms with Crippen molar-refractivity contribution in [3.63, 3.8) is 0 Å². The van der Waals surface area contributed by atoms with Crippen LogP contribution in [0.25, 0.3) is 10.8 Å². The van der Waals surface area contributed by atoms with E-state index in [1.165, 1.54) is 16.8 Å². The summed E-state index contributed by atoms with van der Waals surface area (Å²) in [4.78, 5) is 24.3. The Balaban J connectivity index is 1.81. The van der Waals surface area contributed by atoms with Crippen LogP contribution in [0.2, 0.25) is 0 Å². The van der Waals surface area contributed by atoms with E-state index in [1.54, 1.807) is 18.2 Å². The van der Waals surface area contributed by atoms with Crippen molar-refractivity contribution in [3.8, 4) is 0 Å². The van der Waals surface area contributed by atoms with Gasteiger partial charge in [-0.05, 0) is 29.7 Å². The SMILES string of the molecule is O=C(Cn1ccc2ccccc2c1=O)Nc1ccc(F)c(F)c1. The second-order valence-corrected chi connectivity index (χ2v) is 5.01. The van der Waals surface area contributed by atoms with Gasteiger partial charge in [-0.3, -0.25) is 9.59 Å². The van der Waals surface area contributed by atoms with Gasteiger partial charge >= 0.3 is 0 Å². The van der Waals surface area contributed by atoms with Gasteiger partial charge in [0.15, 0.2) is 11.6 Å². The van der Waals surface area contributed by atoms with E-state index >= 15 is 0 Å². The Bertz CT molecular complexity index is 951. The van der Waals surface area contributed by atoms with E-state index in [9.17, 15) is 18.4 Å². The van der Waals surface area contributed by atoms with Gasteiger partial charge in [-0.2, -0.15) is 0 Å². The minimum Gasteiger partial charge on any atom is -0.324 e. The quantitative estimate of drug-likeness (QED) is 0.808. The van der Waals surface area contributed by atoms with Gasteiger partial charge in [0.05, 0.1) is 0 Å². The molecule has 0 unspecified atom stereocenters. The van der Waals surface area contributed by atoms with Crippen LogP contribution in [0, 0.1) is 11.6 Å². The predicted molar refractivity (Wildman–Crippen MR) is 83.2 cm³/mol. The van der Waals surface area contributed by atoms with E-state index in [0.717, 1.165) is 17.5 Å². The molecule has 0 fully saturated rings. The molecule has 0 atom stereocenters. The number of aromatic nitrogens is 1. The van der Waals surface area contributed by atoms with E-state index < -0.39 is 17.5 Å². The molecule has 116 valence electrons. The number of rotatable bonds is 3. The number of carbonyl (C=O) groups is 1. The first kappa shape index (κ1) is 14.9. The van der Waals surface area contributed by atoms with Crippen molar-refractivity contribution < 1.29 is 13.6 Å². The number of nitrogens with zero attached hydrogens (tertiary/aromatic N) is 1. The molecule has 1 N–H and O–H groups in total. The van der Waals surface area contributed by atoms with Gasteiger partial charge in [-0.25, -0.2) is 8.78 Å². The molecule has 1 amide bonds. The lowest BCUT2D eigenvalue weighted by Crippen LogP contribution is -2.27. The number of nitrogens with one attached hydrogen (secondary N) is 1. The van der Waals surface area contributed by atoms with Gasteiger partial charge in [0.2, 0.25) is 5.91 Å². The normalized spacial score (nSPS) is 10.7. The summed E-state index contributed by atoms with van der Waals surface area (Å²) in [6.45, 7) is -0.220. The summed E-state index contributed by atoms with van der Waals surface area (Å²) < 4.78 is 27.2. The number of fused-ring (bicyclic) bond motifs is 1. The largest absolute Gasteiger partial charge is 0.324 e. The monoisotopic (exact) mass is 314 g/mol. The van der Waals surface area contributed by atoms with Crippen LogP contribution < -0.4 is 10.9 Å². The highest BCUT2D eigenvalue weighted by Crippen LogP contribution is 2.13. The van der Waals surface area contributed by atoms with Gasteiger partial charge < -0.3 is 9.88 Å². The minimum absolute atomic E-state index is 0.128. The molecule has 6 heteroatoms. The molecule has 2 aromatic carbocycles. The van der Waals surface area contributed by atoms with E-state index in [0.29, 0.717) is 5.39 Å². The number of benzene rings is 2. The number of pyridine rings is 1. The molecule has 23 heavy (non-hydrogen) atoms. The number of amides is 1. The molecule has 0 aliphatic rings. The first-order valence-corrected chi connectivity index (χ1v) is 6.88. The maximum atomic E-state index is 13.1. The van der Waals surface area contributed by atoms with Crippen LogP contribution in [0.4, 0.5) is 14.5 Å². The van der Waals surface area contributed by atoms with Crippen LogP contribution in [0.15, 0.2) is 59.5 Å². The topological polar surface area (TPSA) is 51.1 Å². The van der Waals surface area contributed by atoms with Crippen molar-refractivity contribution in [1.82, 2.24) is 4.57 Å². The minimum atomic E-state index is -1.05. The first-order chi connectivity index (χ1) is 11.0. The van der Waals surface area contributed by atoms with Crippen molar-refractivity contribution in [2.75, 3.05) is 5.32 Å². The van der Waals surface area contributed by atoms with Gasteiger partial charge in [0.25, 0.3) is 5.56 Å². The van der Waals surface area contributed by atoms with E-state index in [4.69, 9.17) is 0 Å². The molecule has 0 bridgehead atoms. The second kappa shape index (κ2) is 6.00. The van der Waals surface area contributed by atoms with E-state index in [1.807, 2.05) is 12.1 Å². The molecule has 4 nitrogen and oxygen atoms in total. The number of anilines is 1. The van der Waals surface area contributed by atoms with Crippen molar-refractivity contribution in [3.05, 3.63) is 76.7 Å². The summed E-state index contributed by atoms with van der Waals surface area (Å²) in [7, 11) is 0. The number of halogens is 2. The van der Waals surface area contributed by atoms with Gasteiger partial charge in [0.1, 0.15) is 6.54 Å². The van der Waals surface area contributed by atoms with Crippen LogP contribution in [-0.4, -0.2) is 10.5 Å². The van der Waals surface area contributed by atoms with Gasteiger partial charge in [0, 0.05) is 23.3 Å². The van der Waals surface area contributed by atoms with Crippen LogP contribution in [0.1, 0.15) is 0 Å². The second-order valence-electron chi connectivity index (χ2n) is 5.01. The Morgan fingerprint density at radius 2 is 1.83 bits per heavy atom. The van der Waals surface area contributed by atoms with Crippen LogP contribution >= 0.6 is 0 Å². The fraction of sp³-hybridized carbons (Fsp3) is 0.0588. The average molecular weight is 314 g/mol. The summed E-state index contributed by atoms with van der Waals surface area (Å²) >= 11 is 0. The summed E-state index contributed by atoms with van der Waals surface area (Å²) in [5, 5.41) is 3.73. The highest BCUT2D eigenvalue weighted by molar-refractivity contribution is 5.90. The van der Waals surface area contributed by atoms with Gasteiger partial charge in [-0.1, -0.05) is 18.2 Å². The average Bonchev–Trinajstić information content (AvgIpc) is 2.54. The number of carbonyl (C=O) groups excluding carboxylic acids is 1. The summed E-state index contributed by atoms with van der Waals surface area (Å²) in [5.74, 6) is -2.55. The first-order valence-electron chi connectivity index (χ1n) is 6.88. The molecule has 1 aromatic heterocycles. The summed E-state index contributed by atoms with van der Waals surface area (Å²) in [6, 6.07) is 11.9. The highest BCUT2D eigenvalue weighted by atomic mass is 19.2. The lowest BCUT2D eigenvalue weighted by Gasteiger charge is -2.08. The Kier molecular flexibility index (Phi) is 3.89. The molecule has 0 radical (unpaired) electrons.